The molecule has 1 aromatic carbocycles. The third-order valence-corrected chi connectivity index (χ3v) is 2.98. The topological polar surface area (TPSA) is 43.4 Å². The van der Waals surface area contributed by atoms with Gasteiger partial charge in [-0.25, -0.2) is 0 Å². The zero-order valence-corrected chi connectivity index (χ0v) is 11.6. The molecule has 0 saturated carbocycles. The Bertz CT molecular complexity index is 475. The van der Waals surface area contributed by atoms with Crippen molar-refractivity contribution >= 4 is 17.8 Å². The molecule has 0 amide bonds. The van der Waals surface area contributed by atoms with Gasteiger partial charge in [-0.1, -0.05) is 18.7 Å². The first kappa shape index (κ1) is 15.2. The first-order valence-electron chi connectivity index (χ1n) is 6.48. The van der Waals surface area contributed by atoms with Gasteiger partial charge in [0.2, 0.25) is 0 Å². The minimum atomic E-state index is -0.173. The first-order valence-corrected chi connectivity index (χ1v) is 6.48. The van der Waals surface area contributed by atoms with Gasteiger partial charge in [-0.15, -0.1) is 0 Å². The van der Waals surface area contributed by atoms with Crippen molar-refractivity contribution in [2.45, 2.75) is 33.1 Å². The molecule has 0 aromatic heterocycles. The highest BCUT2D eigenvalue weighted by atomic mass is 16.5. The van der Waals surface area contributed by atoms with Crippen molar-refractivity contribution in [3.8, 4) is 0 Å². The Kier molecular flexibility index (Phi) is 6.00. The van der Waals surface area contributed by atoms with Crippen LogP contribution in [0.25, 0.3) is 5.57 Å². The van der Waals surface area contributed by atoms with Crippen LogP contribution in [0.3, 0.4) is 0 Å². The Hall–Kier alpha value is -1.90. The summed E-state index contributed by atoms with van der Waals surface area (Å²) in [6, 6.07) is 5.71. The van der Waals surface area contributed by atoms with Crippen LogP contribution in [-0.4, -0.2) is 18.9 Å². The van der Waals surface area contributed by atoms with Crippen molar-refractivity contribution in [1.82, 2.24) is 0 Å². The number of hydrogen-bond donors (Lipinski definition) is 0. The highest BCUT2D eigenvalue weighted by Crippen LogP contribution is 2.21. The largest absolute Gasteiger partial charge is 0.466 e. The normalized spacial score (nSPS) is 10.0. The van der Waals surface area contributed by atoms with Crippen LogP contribution in [-0.2, 0) is 9.53 Å². The van der Waals surface area contributed by atoms with Gasteiger partial charge in [0.1, 0.15) is 6.29 Å². The van der Waals surface area contributed by atoms with Gasteiger partial charge in [-0.2, -0.15) is 0 Å². The van der Waals surface area contributed by atoms with Gasteiger partial charge >= 0.3 is 5.97 Å². The molecule has 0 aliphatic carbocycles. The van der Waals surface area contributed by atoms with Crippen LogP contribution in [0.4, 0.5) is 0 Å². The maximum Gasteiger partial charge on any atom is 0.305 e. The number of carbonyl (C=O) groups excluding carboxylic acids is 2. The van der Waals surface area contributed by atoms with E-state index in [0.29, 0.717) is 25.0 Å². The molecule has 0 aliphatic rings. The Morgan fingerprint density at radius 2 is 2.11 bits per heavy atom. The molecule has 0 N–H and O–H groups in total. The van der Waals surface area contributed by atoms with Crippen molar-refractivity contribution in [1.29, 1.82) is 0 Å². The average molecular weight is 260 g/mol. The van der Waals surface area contributed by atoms with E-state index >= 15 is 0 Å². The lowest BCUT2D eigenvalue weighted by Gasteiger charge is -2.08. The zero-order valence-electron chi connectivity index (χ0n) is 11.6. The third-order valence-electron chi connectivity index (χ3n) is 2.98. The summed E-state index contributed by atoms with van der Waals surface area (Å²) in [4.78, 5) is 22.1. The van der Waals surface area contributed by atoms with E-state index < -0.39 is 0 Å². The SMILES string of the molecule is C=C(CCCC(=O)OCC)c1ccc(C)c(C=O)c1. The minimum absolute atomic E-state index is 0.173. The van der Waals surface area contributed by atoms with Crippen molar-refractivity contribution in [3.05, 3.63) is 41.5 Å². The molecule has 3 nitrogen and oxygen atoms in total. The molecule has 0 fully saturated rings. The van der Waals surface area contributed by atoms with Gasteiger partial charge in [0.05, 0.1) is 6.61 Å². The van der Waals surface area contributed by atoms with E-state index in [1.165, 1.54) is 0 Å². The number of esters is 1. The highest BCUT2D eigenvalue weighted by Gasteiger charge is 2.05. The number of hydrogen-bond acceptors (Lipinski definition) is 3. The first-order chi connectivity index (χ1) is 9.08. The Morgan fingerprint density at radius 3 is 2.74 bits per heavy atom. The molecule has 0 radical (unpaired) electrons. The molecule has 102 valence electrons. The van der Waals surface area contributed by atoms with Gasteiger partial charge < -0.3 is 4.74 Å². The van der Waals surface area contributed by atoms with E-state index in [0.717, 1.165) is 29.4 Å². The maximum absolute atomic E-state index is 11.2. The Morgan fingerprint density at radius 1 is 1.37 bits per heavy atom. The standard InChI is InChI=1S/C16H20O3/c1-4-19-16(18)7-5-6-12(2)14-9-8-13(3)15(10-14)11-17/h8-11H,2,4-7H2,1,3H3. The molecule has 0 bridgehead atoms. The van der Waals surface area contributed by atoms with Gasteiger partial charge in [0.15, 0.2) is 0 Å². The van der Waals surface area contributed by atoms with Crippen molar-refractivity contribution in [3.63, 3.8) is 0 Å². The lowest BCUT2D eigenvalue weighted by molar-refractivity contribution is -0.143. The fraction of sp³-hybridized carbons (Fsp3) is 0.375. The summed E-state index contributed by atoms with van der Waals surface area (Å²) >= 11 is 0. The lowest BCUT2D eigenvalue weighted by atomic mass is 9.98. The van der Waals surface area contributed by atoms with Crippen LogP contribution in [0.1, 0.15) is 47.7 Å². The van der Waals surface area contributed by atoms with Crippen LogP contribution in [0.5, 0.6) is 0 Å². The second-order valence-corrected chi connectivity index (χ2v) is 4.45. The van der Waals surface area contributed by atoms with Crippen molar-refractivity contribution in [2.24, 2.45) is 0 Å². The average Bonchev–Trinajstić information content (AvgIpc) is 2.39. The summed E-state index contributed by atoms with van der Waals surface area (Å²) in [5, 5.41) is 0. The summed E-state index contributed by atoms with van der Waals surface area (Å²) < 4.78 is 4.87. The van der Waals surface area contributed by atoms with Crippen LogP contribution in [0.2, 0.25) is 0 Å². The summed E-state index contributed by atoms with van der Waals surface area (Å²) in [5.41, 5.74) is 3.53. The third kappa shape index (κ3) is 4.70. The highest BCUT2D eigenvalue weighted by molar-refractivity contribution is 5.80. The van der Waals surface area contributed by atoms with E-state index in [4.69, 9.17) is 4.74 Å². The van der Waals surface area contributed by atoms with Gasteiger partial charge in [-0.05, 0) is 49.5 Å². The Labute approximate surface area is 114 Å². The minimum Gasteiger partial charge on any atom is -0.466 e. The molecule has 0 atom stereocenters. The monoisotopic (exact) mass is 260 g/mol. The van der Waals surface area contributed by atoms with Crippen LogP contribution >= 0.6 is 0 Å². The van der Waals surface area contributed by atoms with Crippen LogP contribution < -0.4 is 0 Å². The number of ether oxygens (including phenoxy) is 1. The van der Waals surface area contributed by atoms with E-state index in [-0.39, 0.29) is 5.97 Å². The number of carbonyl (C=O) groups is 2. The molecule has 3 heteroatoms. The second-order valence-electron chi connectivity index (χ2n) is 4.45. The maximum atomic E-state index is 11.2. The molecule has 19 heavy (non-hydrogen) atoms. The molecule has 0 spiro atoms. The predicted molar refractivity (Wildman–Crippen MR) is 76.1 cm³/mol. The predicted octanol–water partition coefficient (Wildman–Crippen LogP) is 3.55. The summed E-state index contributed by atoms with van der Waals surface area (Å²) in [7, 11) is 0. The molecule has 0 heterocycles. The van der Waals surface area contributed by atoms with Crippen molar-refractivity contribution < 1.29 is 14.3 Å². The number of rotatable bonds is 7. The number of allylic oxidation sites excluding steroid dienone is 1. The van der Waals surface area contributed by atoms with Gasteiger partial charge in [-0.3, -0.25) is 9.59 Å². The smallest absolute Gasteiger partial charge is 0.305 e. The zero-order chi connectivity index (χ0) is 14.3. The second kappa shape index (κ2) is 7.52. The summed E-state index contributed by atoms with van der Waals surface area (Å²) in [6.07, 6.45) is 2.69. The molecular formula is C16H20O3. The fourth-order valence-electron chi connectivity index (χ4n) is 1.81. The van der Waals surface area contributed by atoms with Crippen LogP contribution in [0.15, 0.2) is 24.8 Å². The molecule has 1 rings (SSSR count). The molecule has 1 aromatic rings. The van der Waals surface area contributed by atoms with Gasteiger partial charge in [0, 0.05) is 12.0 Å². The molecule has 0 aliphatic heterocycles. The quantitative estimate of drug-likeness (QED) is 0.556. The summed E-state index contributed by atoms with van der Waals surface area (Å²) in [6.45, 7) is 8.12. The van der Waals surface area contributed by atoms with E-state index in [2.05, 4.69) is 6.58 Å². The molecule has 0 unspecified atom stereocenters. The van der Waals surface area contributed by atoms with E-state index in [1.54, 1.807) is 6.92 Å². The van der Waals surface area contributed by atoms with E-state index in [1.807, 2.05) is 25.1 Å². The van der Waals surface area contributed by atoms with Gasteiger partial charge in [0.25, 0.3) is 0 Å². The Balaban J connectivity index is 2.54. The number of aldehydes is 1. The summed E-state index contributed by atoms with van der Waals surface area (Å²) in [5.74, 6) is -0.173. The molecular weight excluding hydrogens is 240 g/mol. The van der Waals surface area contributed by atoms with Crippen molar-refractivity contribution in [2.75, 3.05) is 6.61 Å². The number of benzene rings is 1. The molecule has 0 saturated heterocycles. The van der Waals surface area contributed by atoms with Crippen LogP contribution in [0, 0.1) is 6.92 Å². The fourth-order valence-corrected chi connectivity index (χ4v) is 1.81. The van der Waals surface area contributed by atoms with E-state index in [9.17, 15) is 9.59 Å². The number of aryl methyl sites for hydroxylation is 1. The lowest BCUT2D eigenvalue weighted by Crippen LogP contribution is -2.03.